The van der Waals surface area contributed by atoms with Crippen molar-refractivity contribution in [2.45, 2.75) is 57.8 Å². The minimum Gasteiger partial charge on any atom is -0.469 e. The lowest BCUT2D eigenvalue weighted by atomic mass is 10.1. The zero-order chi connectivity index (χ0) is 14.9. The molecule has 0 fully saturated rings. The predicted molar refractivity (Wildman–Crippen MR) is 88.6 cm³/mol. The highest BCUT2D eigenvalue weighted by Crippen LogP contribution is 2.06. The smallest absolute Gasteiger partial charge is 0.305 e. The maximum atomic E-state index is 10.8. The Hall–Kier alpha value is -1.01. The van der Waals surface area contributed by atoms with Gasteiger partial charge in [-0.25, -0.2) is 0 Å². The molecule has 0 aliphatic heterocycles. The molecule has 0 heterocycles. The maximum Gasteiger partial charge on any atom is 0.305 e. The molecule has 0 amide bonds. The topological polar surface area (TPSA) is 26.3 Å². The van der Waals surface area contributed by atoms with Crippen LogP contribution < -0.4 is 0 Å². The molecule has 2 nitrogen and oxygen atoms in total. The third kappa shape index (κ3) is 15.0. The lowest BCUT2D eigenvalue weighted by Gasteiger charge is -1.95. The fourth-order valence-corrected chi connectivity index (χ4v) is 1.90. The molecule has 0 rings (SSSR count). The first-order valence-corrected chi connectivity index (χ1v) is 8.18. The summed E-state index contributed by atoms with van der Waals surface area (Å²) in [6.45, 7) is 0. The average Bonchev–Trinajstić information content (AvgIpc) is 2.47. The molecule has 20 heavy (non-hydrogen) atoms. The molecule has 0 atom stereocenters. The van der Waals surface area contributed by atoms with Gasteiger partial charge in [0.25, 0.3) is 0 Å². The molecule has 0 aromatic rings. The highest BCUT2D eigenvalue weighted by molar-refractivity contribution is 9.11. The Morgan fingerprint density at radius 2 is 1.80 bits per heavy atom. The van der Waals surface area contributed by atoms with Gasteiger partial charge in [0.15, 0.2) is 0 Å². The van der Waals surface area contributed by atoms with E-state index in [9.17, 15) is 4.79 Å². The number of carbonyl (C=O) groups is 1. The van der Waals surface area contributed by atoms with Crippen molar-refractivity contribution in [2.75, 3.05) is 7.11 Å². The van der Waals surface area contributed by atoms with Crippen molar-refractivity contribution in [1.82, 2.24) is 0 Å². The zero-order valence-electron chi connectivity index (χ0n) is 12.4. The van der Waals surface area contributed by atoms with Gasteiger partial charge in [0.1, 0.15) is 0 Å². The predicted octanol–water partition coefficient (Wildman–Crippen LogP) is 5.14. The largest absolute Gasteiger partial charge is 0.469 e. The molecule has 0 aromatic heterocycles. The summed E-state index contributed by atoms with van der Waals surface area (Å²) in [6, 6.07) is 0. The number of ether oxygens (including phenoxy) is 1. The fraction of sp³-hybridized carbons (Fsp3) is 0.588. The first-order valence-electron chi connectivity index (χ1n) is 7.26. The second kappa shape index (κ2) is 16.0. The van der Waals surface area contributed by atoms with Gasteiger partial charge in [0.2, 0.25) is 0 Å². The quantitative estimate of drug-likeness (QED) is 0.312. The molecule has 0 unspecified atom stereocenters. The Kier molecular flexibility index (Phi) is 15.2. The molecule has 0 saturated carbocycles. The number of halogens is 1. The first kappa shape index (κ1) is 19.0. The Morgan fingerprint density at radius 1 is 1.10 bits per heavy atom. The second-order valence-electron chi connectivity index (χ2n) is 4.51. The number of esters is 1. The van der Waals surface area contributed by atoms with Crippen molar-refractivity contribution < 1.29 is 9.53 Å². The monoisotopic (exact) mass is 340 g/mol. The number of rotatable bonds is 10. The van der Waals surface area contributed by atoms with Crippen LogP contribution in [0.4, 0.5) is 0 Å². The van der Waals surface area contributed by atoms with Crippen molar-refractivity contribution >= 4 is 21.9 Å². The van der Waals surface area contributed by atoms with Crippen LogP contribution in [0.15, 0.2) is 23.2 Å². The van der Waals surface area contributed by atoms with Crippen LogP contribution in [0.3, 0.4) is 0 Å². The minimum absolute atomic E-state index is 0.158. The van der Waals surface area contributed by atoms with Crippen molar-refractivity contribution in [3.63, 3.8) is 0 Å². The van der Waals surface area contributed by atoms with Gasteiger partial charge in [0, 0.05) is 12.8 Å². The summed E-state index contributed by atoms with van der Waals surface area (Å²) in [5, 5.41) is 0. The Morgan fingerprint density at radius 3 is 2.45 bits per heavy atom. The third-order valence-electron chi connectivity index (χ3n) is 2.79. The zero-order valence-corrected chi connectivity index (χ0v) is 14.0. The van der Waals surface area contributed by atoms with Crippen LogP contribution in [0.5, 0.6) is 0 Å². The van der Waals surface area contributed by atoms with Gasteiger partial charge in [0.05, 0.1) is 7.11 Å². The van der Waals surface area contributed by atoms with E-state index in [1.54, 1.807) is 0 Å². The highest BCUT2D eigenvalue weighted by atomic mass is 79.9. The summed E-state index contributed by atoms with van der Waals surface area (Å²) in [7, 11) is 1.41. The second-order valence-corrected chi connectivity index (χ2v) is 5.04. The van der Waals surface area contributed by atoms with Crippen LogP contribution in [-0.2, 0) is 9.53 Å². The number of methoxy groups -OCH3 is 1. The average molecular weight is 341 g/mol. The van der Waals surface area contributed by atoms with E-state index >= 15 is 0 Å². The molecular weight excluding hydrogens is 316 g/mol. The molecule has 0 spiro atoms. The first-order chi connectivity index (χ1) is 9.81. The van der Waals surface area contributed by atoms with Crippen molar-refractivity contribution in [1.29, 1.82) is 0 Å². The molecule has 3 heteroatoms. The molecule has 0 aromatic carbocycles. The number of allylic oxidation sites excluding steroid dienone is 3. The molecule has 0 saturated heterocycles. The molecule has 0 aliphatic carbocycles. The lowest BCUT2D eigenvalue weighted by molar-refractivity contribution is -0.140. The molecule has 112 valence electrons. The van der Waals surface area contributed by atoms with E-state index in [0.717, 1.165) is 25.7 Å². The number of carbonyl (C=O) groups excluding carboxylic acids is 1. The van der Waals surface area contributed by atoms with Gasteiger partial charge in [-0.05, 0) is 43.2 Å². The van der Waals surface area contributed by atoms with Gasteiger partial charge in [-0.2, -0.15) is 0 Å². The van der Waals surface area contributed by atoms with E-state index in [1.807, 2.05) is 11.1 Å². The van der Waals surface area contributed by atoms with Crippen LogP contribution in [0, 0.1) is 11.8 Å². The standard InChI is InChI=1S/C17H25BrO2/c1-20-17(19)15-13-11-9-7-5-3-2-4-6-8-10-12-14-16-18/h3,5,14,16H,2,4,6,8,10-13,15H2,1H3. The maximum absolute atomic E-state index is 10.8. The van der Waals surface area contributed by atoms with Crippen LogP contribution in [0.25, 0.3) is 0 Å². The summed E-state index contributed by atoms with van der Waals surface area (Å²) in [5.41, 5.74) is 0. The highest BCUT2D eigenvalue weighted by Gasteiger charge is 1.96. The number of unbranched alkanes of at least 4 members (excludes halogenated alkanes) is 6. The Bertz CT molecular complexity index is 348. The SMILES string of the molecule is COC(=O)CCCC#CC=CCCCCCCC=CBr. The molecule has 0 bridgehead atoms. The van der Waals surface area contributed by atoms with Gasteiger partial charge >= 0.3 is 5.97 Å². The summed E-state index contributed by atoms with van der Waals surface area (Å²) >= 11 is 3.27. The fourth-order valence-electron chi connectivity index (χ4n) is 1.64. The summed E-state index contributed by atoms with van der Waals surface area (Å²) in [6.07, 6.45) is 15.5. The van der Waals surface area contributed by atoms with Crippen LogP contribution >= 0.6 is 15.9 Å². The summed E-state index contributed by atoms with van der Waals surface area (Å²) in [4.78, 5) is 12.8. The van der Waals surface area contributed by atoms with Crippen LogP contribution in [0.2, 0.25) is 0 Å². The number of hydrogen-bond donors (Lipinski definition) is 0. The van der Waals surface area contributed by atoms with Gasteiger partial charge in [-0.15, -0.1) is 0 Å². The van der Waals surface area contributed by atoms with E-state index in [1.165, 1.54) is 32.8 Å². The van der Waals surface area contributed by atoms with E-state index in [4.69, 9.17) is 0 Å². The molecule has 0 N–H and O–H groups in total. The van der Waals surface area contributed by atoms with Crippen LogP contribution in [-0.4, -0.2) is 13.1 Å². The summed E-state index contributed by atoms with van der Waals surface area (Å²) < 4.78 is 4.56. The molecular formula is C17H25BrO2. The lowest BCUT2D eigenvalue weighted by Crippen LogP contribution is -1.98. The van der Waals surface area contributed by atoms with Crippen molar-refractivity contribution in [3.8, 4) is 11.8 Å². The normalized spacial score (nSPS) is 10.7. The Labute approximate surface area is 131 Å². The molecule has 0 aliphatic rings. The number of hydrogen-bond acceptors (Lipinski definition) is 2. The minimum atomic E-state index is -0.158. The van der Waals surface area contributed by atoms with E-state index in [2.05, 4.69) is 44.7 Å². The van der Waals surface area contributed by atoms with E-state index in [-0.39, 0.29) is 5.97 Å². The van der Waals surface area contributed by atoms with Gasteiger partial charge < -0.3 is 4.74 Å². The van der Waals surface area contributed by atoms with Gasteiger partial charge in [-0.3, -0.25) is 4.79 Å². The van der Waals surface area contributed by atoms with Crippen molar-refractivity contribution in [3.05, 3.63) is 23.2 Å². The molecule has 0 radical (unpaired) electrons. The van der Waals surface area contributed by atoms with E-state index in [0.29, 0.717) is 6.42 Å². The summed E-state index contributed by atoms with van der Waals surface area (Å²) in [5.74, 6) is 5.87. The van der Waals surface area contributed by atoms with Crippen molar-refractivity contribution in [2.24, 2.45) is 0 Å². The Balaban J connectivity index is 3.33. The van der Waals surface area contributed by atoms with E-state index < -0.39 is 0 Å². The van der Waals surface area contributed by atoms with Gasteiger partial charge in [-0.1, -0.05) is 52.8 Å². The third-order valence-corrected chi connectivity index (χ3v) is 3.17. The van der Waals surface area contributed by atoms with Crippen LogP contribution in [0.1, 0.15) is 57.8 Å².